The number of benzene rings is 1. The number of nitrogens with one attached hydrogen (secondary N) is 1. The molecule has 166 valence electrons. The Morgan fingerprint density at radius 3 is 2.93 bits per heavy atom. The van der Waals surface area contributed by atoms with Crippen molar-refractivity contribution >= 4 is 5.91 Å². The summed E-state index contributed by atoms with van der Waals surface area (Å²) in [6, 6.07) is 6.10. The van der Waals surface area contributed by atoms with Gasteiger partial charge in [-0.3, -0.25) is 9.69 Å². The molecule has 0 aromatic heterocycles. The maximum absolute atomic E-state index is 12.7. The van der Waals surface area contributed by atoms with E-state index in [0.717, 1.165) is 75.1 Å². The van der Waals surface area contributed by atoms with Crippen LogP contribution in [0.25, 0.3) is 0 Å². The zero-order valence-electron chi connectivity index (χ0n) is 18.2. The number of piperidine rings is 1. The first-order chi connectivity index (χ1) is 14.6. The minimum absolute atomic E-state index is 0.0180. The van der Waals surface area contributed by atoms with Gasteiger partial charge in [0.25, 0.3) is 0 Å². The monoisotopic (exact) mass is 416 g/mol. The molecular weight excluding hydrogens is 380 g/mol. The van der Waals surface area contributed by atoms with Gasteiger partial charge in [-0.1, -0.05) is 45.1 Å². The van der Waals surface area contributed by atoms with Crippen LogP contribution in [0.15, 0.2) is 18.2 Å². The summed E-state index contributed by atoms with van der Waals surface area (Å²) in [7, 11) is 0. The quantitative estimate of drug-likeness (QED) is 0.631. The lowest BCUT2D eigenvalue weighted by molar-refractivity contribution is -0.137. The second-order valence-electron chi connectivity index (χ2n) is 9.14. The van der Waals surface area contributed by atoms with E-state index in [1.807, 2.05) is 12.1 Å². The van der Waals surface area contributed by atoms with Crippen molar-refractivity contribution in [2.75, 3.05) is 26.4 Å². The first-order valence-corrected chi connectivity index (χ1v) is 11.7. The molecule has 3 aliphatic rings. The van der Waals surface area contributed by atoms with Gasteiger partial charge >= 0.3 is 0 Å². The van der Waals surface area contributed by atoms with Crippen LogP contribution in [0, 0.1) is 5.92 Å². The van der Waals surface area contributed by atoms with Crippen LogP contribution in [0.1, 0.15) is 76.3 Å². The third-order valence-corrected chi connectivity index (χ3v) is 7.11. The summed E-state index contributed by atoms with van der Waals surface area (Å²) in [6.07, 6.45) is 9.41. The van der Waals surface area contributed by atoms with E-state index in [2.05, 4.69) is 23.2 Å². The van der Waals surface area contributed by atoms with Gasteiger partial charge in [0.05, 0.1) is 12.1 Å². The van der Waals surface area contributed by atoms with Gasteiger partial charge in [-0.25, -0.2) is 0 Å². The number of aliphatic hydroxyl groups is 1. The molecule has 2 heterocycles. The summed E-state index contributed by atoms with van der Waals surface area (Å²) in [4.78, 5) is 15.0. The number of hydrogen-bond acceptors (Lipinski definition) is 5. The molecule has 1 saturated carbocycles. The molecular formula is C24H36N2O4. The van der Waals surface area contributed by atoms with E-state index in [1.54, 1.807) is 0 Å². The lowest BCUT2D eigenvalue weighted by atomic mass is 9.66. The van der Waals surface area contributed by atoms with Gasteiger partial charge in [0.1, 0.15) is 0 Å². The van der Waals surface area contributed by atoms with Crippen LogP contribution in [-0.4, -0.2) is 47.9 Å². The van der Waals surface area contributed by atoms with Crippen LogP contribution in [0.2, 0.25) is 0 Å². The molecule has 2 aliphatic heterocycles. The molecule has 2 fully saturated rings. The maximum Gasteiger partial charge on any atom is 0.234 e. The van der Waals surface area contributed by atoms with E-state index in [-0.39, 0.29) is 24.7 Å². The Morgan fingerprint density at radius 2 is 2.07 bits per heavy atom. The van der Waals surface area contributed by atoms with Gasteiger partial charge in [-0.2, -0.15) is 0 Å². The van der Waals surface area contributed by atoms with Crippen molar-refractivity contribution in [1.29, 1.82) is 0 Å². The average molecular weight is 417 g/mol. The molecule has 6 nitrogen and oxygen atoms in total. The minimum atomic E-state index is -0.633. The maximum atomic E-state index is 12.7. The molecule has 4 rings (SSSR count). The summed E-state index contributed by atoms with van der Waals surface area (Å²) in [5.41, 5.74) is 0.479. The highest BCUT2D eigenvalue weighted by molar-refractivity contribution is 5.78. The van der Waals surface area contributed by atoms with E-state index in [0.29, 0.717) is 6.54 Å². The van der Waals surface area contributed by atoms with E-state index in [4.69, 9.17) is 9.47 Å². The van der Waals surface area contributed by atoms with Crippen LogP contribution in [0.5, 0.6) is 11.5 Å². The third-order valence-electron chi connectivity index (χ3n) is 7.11. The fraction of sp³-hybridized carbons (Fsp3) is 0.708. The summed E-state index contributed by atoms with van der Waals surface area (Å²) in [5, 5.41) is 14.5. The van der Waals surface area contributed by atoms with Crippen LogP contribution in [0.3, 0.4) is 0 Å². The molecule has 1 saturated heterocycles. The molecule has 0 spiro atoms. The summed E-state index contributed by atoms with van der Waals surface area (Å²) >= 11 is 0. The largest absolute Gasteiger partial charge is 0.454 e. The van der Waals surface area contributed by atoms with Crippen molar-refractivity contribution in [3.63, 3.8) is 0 Å². The predicted octanol–water partition coefficient (Wildman–Crippen LogP) is 3.78. The van der Waals surface area contributed by atoms with Crippen LogP contribution < -0.4 is 14.8 Å². The number of carbonyl (C=O) groups excluding carboxylic acids is 1. The Morgan fingerprint density at radius 1 is 1.20 bits per heavy atom. The van der Waals surface area contributed by atoms with Crippen molar-refractivity contribution in [2.24, 2.45) is 5.92 Å². The minimum Gasteiger partial charge on any atom is -0.454 e. The van der Waals surface area contributed by atoms with E-state index in [9.17, 15) is 9.90 Å². The predicted molar refractivity (Wildman–Crippen MR) is 116 cm³/mol. The molecule has 3 atom stereocenters. The summed E-state index contributed by atoms with van der Waals surface area (Å²) < 4.78 is 11.1. The second-order valence-corrected chi connectivity index (χ2v) is 9.14. The molecule has 0 radical (unpaired) electrons. The zero-order valence-corrected chi connectivity index (χ0v) is 18.2. The Bertz CT molecular complexity index is 740. The number of fused-ring (bicyclic) bond motifs is 2. The number of likely N-dealkylation sites (tertiary alicyclic amines) is 1. The van der Waals surface area contributed by atoms with Crippen LogP contribution in [0.4, 0.5) is 0 Å². The number of hydrogen-bond donors (Lipinski definition) is 2. The van der Waals surface area contributed by atoms with E-state index < -0.39 is 5.60 Å². The van der Waals surface area contributed by atoms with E-state index in [1.165, 1.54) is 12.8 Å². The molecule has 0 bridgehead atoms. The molecule has 1 amide bonds. The number of amides is 1. The fourth-order valence-corrected chi connectivity index (χ4v) is 5.48. The smallest absolute Gasteiger partial charge is 0.234 e. The first-order valence-electron chi connectivity index (χ1n) is 11.7. The van der Waals surface area contributed by atoms with Gasteiger partial charge in [-0.15, -0.1) is 0 Å². The molecule has 6 heteroatoms. The lowest BCUT2D eigenvalue weighted by Crippen LogP contribution is -2.56. The summed E-state index contributed by atoms with van der Waals surface area (Å²) in [5.74, 6) is 1.75. The SMILES string of the molecule is CCCCCCNC(=O)CN1CC[C@@]2(O)CCCC[C@@H]2[C@@H]1c1ccc2c(c1)OCO2. The van der Waals surface area contributed by atoms with Crippen molar-refractivity contribution in [3.8, 4) is 11.5 Å². The molecule has 1 aromatic carbocycles. The van der Waals surface area contributed by atoms with Gasteiger partial charge < -0.3 is 19.9 Å². The molecule has 1 aromatic rings. The molecule has 30 heavy (non-hydrogen) atoms. The topological polar surface area (TPSA) is 71.0 Å². The highest BCUT2D eigenvalue weighted by atomic mass is 16.7. The number of nitrogens with zero attached hydrogens (tertiary/aromatic N) is 1. The van der Waals surface area contributed by atoms with Gasteiger partial charge in [0.2, 0.25) is 12.7 Å². The van der Waals surface area contributed by atoms with Crippen LogP contribution in [-0.2, 0) is 4.79 Å². The van der Waals surface area contributed by atoms with Crippen molar-refractivity contribution < 1.29 is 19.4 Å². The van der Waals surface area contributed by atoms with Gasteiger partial charge in [0, 0.05) is 25.0 Å². The molecule has 1 aliphatic carbocycles. The van der Waals surface area contributed by atoms with Crippen molar-refractivity contribution in [3.05, 3.63) is 23.8 Å². The molecule has 0 unspecified atom stereocenters. The van der Waals surface area contributed by atoms with Gasteiger partial charge in [0.15, 0.2) is 11.5 Å². The Balaban J connectivity index is 1.49. The Kier molecular flexibility index (Phi) is 6.84. The summed E-state index contributed by atoms with van der Waals surface area (Å²) in [6.45, 7) is 4.29. The highest BCUT2D eigenvalue weighted by Gasteiger charge is 2.49. The third kappa shape index (κ3) is 4.59. The Labute approximate surface area is 179 Å². The number of carbonyl (C=O) groups is 1. The second kappa shape index (κ2) is 9.56. The number of unbranched alkanes of at least 4 members (excludes halogenated alkanes) is 3. The normalized spacial score (nSPS) is 28.2. The first kappa shape index (κ1) is 21.4. The van der Waals surface area contributed by atoms with Gasteiger partial charge in [-0.05, 0) is 43.4 Å². The fourth-order valence-electron chi connectivity index (χ4n) is 5.48. The van der Waals surface area contributed by atoms with Crippen molar-refractivity contribution in [2.45, 2.75) is 76.4 Å². The number of rotatable bonds is 8. The van der Waals surface area contributed by atoms with E-state index >= 15 is 0 Å². The number of ether oxygens (including phenoxy) is 2. The van der Waals surface area contributed by atoms with Crippen molar-refractivity contribution in [1.82, 2.24) is 10.2 Å². The van der Waals surface area contributed by atoms with Crippen LogP contribution >= 0.6 is 0 Å². The average Bonchev–Trinajstić information content (AvgIpc) is 3.21. The lowest BCUT2D eigenvalue weighted by Gasteiger charge is -2.52. The Hall–Kier alpha value is -1.79. The highest BCUT2D eigenvalue weighted by Crippen LogP contribution is 2.50. The standard InChI is InChI=1S/C24H36N2O4/c1-2-3-4-7-13-25-22(27)16-26-14-12-24(28)11-6-5-8-19(24)23(26)18-9-10-20-21(15-18)30-17-29-20/h9-10,15,19,23,28H,2-8,11-14,16-17H2,1H3,(H,25,27)/t19-,23+,24+/m1/s1. The molecule has 2 N–H and O–H groups in total. The zero-order chi connectivity index (χ0) is 21.0.